The Labute approximate surface area is 153 Å². The number of benzene rings is 2. The van der Waals surface area contributed by atoms with Crippen LogP contribution in [-0.4, -0.2) is 22.9 Å². The van der Waals surface area contributed by atoms with Gasteiger partial charge in [-0.25, -0.2) is 15.0 Å². The molecule has 0 saturated carbocycles. The summed E-state index contributed by atoms with van der Waals surface area (Å²) in [6.07, 6.45) is 2.56. The summed E-state index contributed by atoms with van der Waals surface area (Å²) in [4.78, 5) is 14.4. The minimum Gasteiger partial charge on any atom is -0.330 e. The lowest BCUT2D eigenvalue weighted by atomic mass is 10.0. The van der Waals surface area contributed by atoms with Crippen molar-refractivity contribution in [2.24, 2.45) is 4.99 Å². The van der Waals surface area contributed by atoms with E-state index in [0.29, 0.717) is 0 Å². The van der Waals surface area contributed by atoms with Crippen molar-refractivity contribution in [1.29, 1.82) is 0 Å². The molecule has 0 saturated heterocycles. The summed E-state index contributed by atoms with van der Waals surface area (Å²) >= 11 is 0. The average Bonchev–Trinajstić information content (AvgIpc) is 2.72. The van der Waals surface area contributed by atoms with E-state index < -0.39 is 0 Å². The van der Waals surface area contributed by atoms with E-state index in [1.165, 1.54) is 0 Å². The van der Waals surface area contributed by atoms with Gasteiger partial charge in [0, 0.05) is 11.1 Å². The topological polar surface area (TPSA) is 62.2 Å². The molecular formula is C21H21N5. The van der Waals surface area contributed by atoms with Gasteiger partial charge in [0.15, 0.2) is 5.82 Å². The molecule has 26 heavy (non-hydrogen) atoms. The number of anilines is 1. The van der Waals surface area contributed by atoms with Crippen LogP contribution in [0.5, 0.6) is 0 Å². The summed E-state index contributed by atoms with van der Waals surface area (Å²) in [5.41, 5.74) is 4.67. The molecule has 1 aliphatic heterocycles. The molecule has 0 amide bonds. The van der Waals surface area contributed by atoms with Gasteiger partial charge in [0.2, 0.25) is 0 Å². The van der Waals surface area contributed by atoms with Gasteiger partial charge in [0.1, 0.15) is 11.9 Å². The van der Waals surface area contributed by atoms with Crippen molar-refractivity contribution in [3.63, 3.8) is 0 Å². The lowest BCUT2D eigenvalue weighted by Gasteiger charge is -2.22. The zero-order valence-corrected chi connectivity index (χ0v) is 14.7. The van der Waals surface area contributed by atoms with Gasteiger partial charge in [-0.15, -0.1) is 0 Å². The molecule has 0 spiro atoms. The summed E-state index contributed by atoms with van der Waals surface area (Å²) < 4.78 is 0. The van der Waals surface area contributed by atoms with Crippen molar-refractivity contribution in [3.8, 4) is 22.5 Å². The van der Waals surface area contributed by atoms with Gasteiger partial charge in [-0.3, -0.25) is 5.32 Å². The minimum absolute atomic E-state index is 0.175. The molecule has 2 aromatic carbocycles. The Morgan fingerprint density at radius 2 is 1.50 bits per heavy atom. The molecule has 2 N–H and O–H groups in total. The lowest BCUT2D eigenvalue weighted by molar-refractivity contribution is 0.539. The third-order valence-corrected chi connectivity index (χ3v) is 4.29. The summed E-state index contributed by atoms with van der Waals surface area (Å²) in [5.74, 6) is 0.757. The van der Waals surface area contributed by atoms with Crippen molar-refractivity contribution in [2.75, 3.05) is 11.9 Å². The van der Waals surface area contributed by atoms with Crippen LogP contribution in [-0.2, 0) is 0 Å². The van der Waals surface area contributed by atoms with Crippen LogP contribution in [0.25, 0.3) is 22.5 Å². The first kappa shape index (κ1) is 16.4. The van der Waals surface area contributed by atoms with Crippen molar-refractivity contribution in [1.82, 2.24) is 15.3 Å². The van der Waals surface area contributed by atoms with Crippen molar-refractivity contribution in [2.45, 2.75) is 19.5 Å². The molecule has 0 bridgehead atoms. The van der Waals surface area contributed by atoms with Gasteiger partial charge in [-0.1, -0.05) is 67.6 Å². The molecular weight excluding hydrogens is 322 g/mol. The maximum Gasteiger partial charge on any atom is 0.157 e. The molecule has 4 rings (SSSR count). The van der Waals surface area contributed by atoms with Crippen LogP contribution < -0.4 is 10.6 Å². The highest BCUT2D eigenvalue weighted by atomic mass is 15.2. The Hall–Kier alpha value is -3.05. The van der Waals surface area contributed by atoms with Gasteiger partial charge >= 0.3 is 0 Å². The monoisotopic (exact) mass is 343 g/mol. The first-order valence-electron chi connectivity index (χ1n) is 8.91. The highest BCUT2D eigenvalue weighted by Crippen LogP contribution is 2.34. The van der Waals surface area contributed by atoms with Gasteiger partial charge < -0.3 is 5.32 Å². The molecule has 130 valence electrons. The summed E-state index contributed by atoms with van der Waals surface area (Å²) in [6.45, 7) is 3.02. The Morgan fingerprint density at radius 3 is 2.12 bits per heavy atom. The second-order valence-electron chi connectivity index (χ2n) is 6.17. The number of hydrogen-bond acceptors (Lipinski definition) is 5. The Bertz CT molecular complexity index is 906. The van der Waals surface area contributed by atoms with Crippen molar-refractivity contribution < 1.29 is 0 Å². The standard InChI is InChI=1S/C21H21N5/c1-2-13-22-20-19-21(24-14-23-20)26-18(16-11-7-4-8-12-16)17(25-19)15-9-5-3-6-10-15/h3-12,14,20,22H,2,13H2,1H3,(H,23,24,26). The third kappa shape index (κ3) is 3.21. The molecule has 5 heteroatoms. The minimum atomic E-state index is -0.175. The molecule has 0 fully saturated rings. The highest BCUT2D eigenvalue weighted by Gasteiger charge is 2.23. The summed E-state index contributed by atoms with van der Waals surface area (Å²) in [5, 5.41) is 6.58. The highest BCUT2D eigenvalue weighted by molar-refractivity contribution is 5.83. The predicted molar refractivity (Wildman–Crippen MR) is 106 cm³/mol. The lowest BCUT2D eigenvalue weighted by Crippen LogP contribution is -2.26. The van der Waals surface area contributed by atoms with E-state index in [9.17, 15) is 0 Å². The van der Waals surface area contributed by atoms with Crippen molar-refractivity contribution in [3.05, 3.63) is 66.4 Å². The Morgan fingerprint density at radius 1 is 0.885 bits per heavy atom. The molecule has 0 aliphatic carbocycles. The Kier molecular flexibility index (Phi) is 4.71. The van der Waals surface area contributed by atoms with E-state index in [1.54, 1.807) is 6.34 Å². The van der Waals surface area contributed by atoms with Crippen LogP contribution in [0.1, 0.15) is 25.2 Å². The SMILES string of the molecule is CCCNC1N=CNc2nc(-c3ccccc3)c(-c3ccccc3)nc21. The van der Waals surface area contributed by atoms with E-state index >= 15 is 0 Å². The zero-order chi connectivity index (χ0) is 17.8. The molecule has 5 nitrogen and oxygen atoms in total. The maximum absolute atomic E-state index is 4.99. The van der Waals surface area contributed by atoms with Crippen LogP contribution in [0.2, 0.25) is 0 Å². The average molecular weight is 343 g/mol. The second-order valence-corrected chi connectivity index (χ2v) is 6.17. The van der Waals surface area contributed by atoms with Crippen LogP contribution >= 0.6 is 0 Å². The number of aliphatic imine (C=N–C) groups is 1. The van der Waals surface area contributed by atoms with Gasteiger partial charge in [-0.2, -0.15) is 0 Å². The van der Waals surface area contributed by atoms with Crippen molar-refractivity contribution >= 4 is 12.2 Å². The fraction of sp³-hybridized carbons (Fsp3) is 0.190. The van der Waals surface area contributed by atoms with E-state index in [1.807, 2.05) is 36.4 Å². The molecule has 1 aromatic heterocycles. The third-order valence-electron chi connectivity index (χ3n) is 4.29. The summed E-state index contributed by atoms with van der Waals surface area (Å²) in [7, 11) is 0. The van der Waals surface area contributed by atoms with E-state index in [0.717, 1.165) is 47.0 Å². The fourth-order valence-electron chi connectivity index (χ4n) is 3.01. The second kappa shape index (κ2) is 7.45. The van der Waals surface area contributed by atoms with E-state index in [4.69, 9.17) is 9.97 Å². The molecule has 1 unspecified atom stereocenters. The van der Waals surface area contributed by atoms with Gasteiger partial charge in [0.25, 0.3) is 0 Å². The number of hydrogen-bond donors (Lipinski definition) is 2. The van der Waals surface area contributed by atoms with Crippen LogP contribution in [0.4, 0.5) is 5.82 Å². The number of fused-ring (bicyclic) bond motifs is 1. The van der Waals surface area contributed by atoms with Gasteiger partial charge in [-0.05, 0) is 13.0 Å². The molecule has 3 aromatic rings. The predicted octanol–water partition coefficient (Wildman–Crippen LogP) is 4.26. The molecule has 0 radical (unpaired) electrons. The fourth-order valence-corrected chi connectivity index (χ4v) is 3.01. The van der Waals surface area contributed by atoms with E-state index in [-0.39, 0.29) is 6.17 Å². The maximum atomic E-state index is 4.99. The first-order chi connectivity index (χ1) is 12.9. The molecule has 2 heterocycles. The van der Waals surface area contributed by atoms with Crippen LogP contribution in [0.3, 0.4) is 0 Å². The normalized spacial score (nSPS) is 15.3. The number of rotatable bonds is 5. The number of nitrogens with one attached hydrogen (secondary N) is 2. The summed E-state index contributed by atoms with van der Waals surface area (Å²) in [6, 6.07) is 20.4. The van der Waals surface area contributed by atoms with Crippen LogP contribution in [0, 0.1) is 0 Å². The zero-order valence-electron chi connectivity index (χ0n) is 14.7. The quantitative estimate of drug-likeness (QED) is 0.726. The molecule has 1 atom stereocenters. The first-order valence-corrected chi connectivity index (χ1v) is 8.91. The molecule has 1 aliphatic rings. The number of aromatic nitrogens is 2. The van der Waals surface area contributed by atoms with Crippen LogP contribution in [0.15, 0.2) is 65.7 Å². The number of nitrogens with zero attached hydrogens (tertiary/aromatic N) is 3. The van der Waals surface area contributed by atoms with E-state index in [2.05, 4.69) is 46.8 Å². The van der Waals surface area contributed by atoms with Gasteiger partial charge in [0.05, 0.1) is 17.7 Å². The smallest absolute Gasteiger partial charge is 0.157 e. The Balaban J connectivity index is 1.88. The largest absolute Gasteiger partial charge is 0.330 e.